The highest BCUT2D eigenvalue weighted by atomic mass is 16.4. The maximum absolute atomic E-state index is 5.61. The minimum atomic E-state index is 0.474. The van der Waals surface area contributed by atoms with E-state index in [0.717, 1.165) is 17.7 Å². The van der Waals surface area contributed by atoms with Crippen LogP contribution in [0.2, 0.25) is 0 Å². The lowest BCUT2D eigenvalue weighted by Gasteiger charge is -1.91. The Morgan fingerprint density at radius 2 is 1.83 bits per heavy atom. The van der Waals surface area contributed by atoms with Gasteiger partial charge in [-0.05, 0) is 19.1 Å². The molecule has 90 valence electrons. The summed E-state index contributed by atoms with van der Waals surface area (Å²) in [6, 6.07) is 3.65. The SMILES string of the molecule is CCn1cc(-c2nnc(-c3ccncc3)o2)cn1. The van der Waals surface area contributed by atoms with E-state index in [-0.39, 0.29) is 0 Å². The molecule has 0 radical (unpaired) electrons. The smallest absolute Gasteiger partial charge is 0.251 e. The molecule has 18 heavy (non-hydrogen) atoms. The first kappa shape index (κ1) is 10.6. The fraction of sp³-hybridized carbons (Fsp3) is 0.167. The summed E-state index contributed by atoms with van der Waals surface area (Å²) in [5, 5.41) is 12.2. The second-order valence-corrected chi connectivity index (χ2v) is 3.73. The van der Waals surface area contributed by atoms with Gasteiger partial charge in [0.1, 0.15) is 0 Å². The monoisotopic (exact) mass is 241 g/mol. The third-order valence-electron chi connectivity index (χ3n) is 2.56. The van der Waals surface area contributed by atoms with E-state index in [1.807, 2.05) is 29.9 Å². The topological polar surface area (TPSA) is 69.6 Å². The van der Waals surface area contributed by atoms with Crippen molar-refractivity contribution in [3.8, 4) is 22.9 Å². The molecule has 6 nitrogen and oxygen atoms in total. The highest BCUT2D eigenvalue weighted by Gasteiger charge is 2.11. The van der Waals surface area contributed by atoms with Crippen molar-refractivity contribution in [3.63, 3.8) is 0 Å². The molecule has 0 saturated heterocycles. The van der Waals surface area contributed by atoms with Gasteiger partial charge in [-0.3, -0.25) is 9.67 Å². The lowest BCUT2D eigenvalue weighted by molar-refractivity contribution is 0.584. The van der Waals surface area contributed by atoms with Crippen LogP contribution < -0.4 is 0 Å². The highest BCUT2D eigenvalue weighted by Crippen LogP contribution is 2.22. The second kappa shape index (κ2) is 4.40. The first-order valence-electron chi connectivity index (χ1n) is 5.63. The maximum Gasteiger partial charge on any atom is 0.251 e. The molecule has 0 N–H and O–H groups in total. The zero-order valence-electron chi connectivity index (χ0n) is 9.82. The summed E-state index contributed by atoms with van der Waals surface area (Å²) >= 11 is 0. The Hall–Kier alpha value is -2.50. The largest absolute Gasteiger partial charge is 0.416 e. The molecular formula is C12H11N5O. The molecule has 3 rings (SSSR count). The van der Waals surface area contributed by atoms with E-state index in [0.29, 0.717) is 11.8 Å². The minimum Gasteiger partial charge on any atom is -0.416 e. The zero-order chi connectivity index (χ0) is 12.4. The van der Waals surface area contributed by atoms with Crippen molar-refractivity contribution in [3.05, 3.63) is 36.9 Å². The van der Waals surface area contributed by atoms with E-state index in [1.54, 1.807) is 18.6 Å². The van der Waals surface area contributed by atoms with Crippen molar-refractivity contribution in [2.75, 3.05) is 0 Å². The van der Waals surface area contributed by atoms with Crippen LogP contribution in [0.25, 0.3) is 22.9 Å². The van der Waals surface area contributed by atoms with Gasteiger partial charge in [-0.15, -0.1) is 10.2 Å². The Morgan fingerprint density at radius 1 is 1.11 bits per heavy atom. The molecule has 3 aromatic heterocycles. The summed E-state index contributed by atoms with van der Waals surface area (Å²) in [5.41, 5.74) is 1.68. The molecule has 0 bridgehead atoms. The van der Waals surface area contributed by atoms with Crippen LogP contribution in [0.5, 0.6) is 0 Å². The summed E-state index contributed by atoms with van der Waals surface area (Å²) < 4.78 is 7.42. The van der Waals surface area contributed by atoms with Crippen LogP contribution in [0.1, 0.15) is 6.92 Å². The molecular weight excluding hydrogens is 230 g/mol. The average Bonchev–Trinajstić information content (AvgIpc) is 3.08. The lowest BCUT2D eigenvalue weighted by Crippen LogP contribution is -1.91. The molecule has 0 spiro atoms. The summed E-state index contributed by atoms with van der Waals surface area (Å²) in [7, 11) is 0. The van der Waals surface area contributed by atoms with Gasteiger partial charge in [0.25, 0.3) is 5.89 Å². The Morgan fingerprint density at radius 3 is 2.50 bits per heavy atom. The summed E-state index contributed by atoms with van der Waals surface area (Å²) in [4.78, 5) is 3.95. The summed E-state index contributed by atoms with van der Waals surface area (Å²) in [6.45, 7) is 2.83. The summed E-state index contributed by atoms with van der Waals surface area (Å²) in [5.74, 6) is 0.957. The van der Waals surface area contributed by atoms with Crippen LogP contribution in [0.3, 0.4) is 0 Å². The van der Waals surface area contributed by atoms with E-state index < -0.39 is 0 Å². The third kappa shape index (κ3) is 1.88. The van der Waals surface area contributed by atoms with Gasteiger partial charge in [0.2, 0.25) is 5.89 Å². The average molecular weight is 241 g/mol. The summed E-state index contributed by atoms with van der Waals surface area (Å²) in [6.07, 6.45) is 6.97. The molecule has 0 amide bonds. The quantitative estimate of drug-likeness (QED) is 0.701. The Bertz CT molecular complexity index is 643. The van der Waals surface area contributed by atoms with Crippen LogP contribution in [0.4, 0.5) is 0 Å². The van der Waals surface area contributed by atoms with Gasteiger partial charge in [-0.25, -0.2) is 0 Å². The standard InChI is InChI=1S/C12H11N5O/c1-2-17-8-10(7-14-17)12-16-15-11(18-12)9-3-5-13-6-4-9/h3-8H,2H2,1H3. The zero-order valence-corrected chi connectivity index (χ0v) is 9.82. The van der Waals surface area contributed by atoms with Crippen LogP contribution in [0, 0.1) is 0 Å². The molecule has 0 aliphatic carbocycles. The predicted octanol–water partition coefficient (Wildman–Crippen LogP) is 2.01. The van der Waals surface area contributed by atoms with Crippen LogP contribution in [-0.4, -0.2) is 25.0 Å². The minimum absolute atomic E-state index is 0.474. The molecule has 0 aliphatic rings. The maximum atomic E-state index is 5.61. The molecule has 0 fully saturated rings. The lowest BCUT2D eigenvalue weighted by atomic mass is 10.3. The molecule has 0 unspecified atom stereocenters. The van der Waals surface area contributed by atoms with Crippen LogP contribution in [0.15, 0.2) is 41.3 Å². The predicted molar refractivity (Wildman–Crippen MR) is 64.4 cm³/mol. The van der Waals surface area contributed by atoms with E-state index in [9.17, 15) is 0 Å². The van der Waals surface area contributed by atoms with Crippen molar-refractivity contribution >= 4 is 0 Å². The number of rotatable bonds is 3. The van der Waals surface area contributed by atoms with Crippen molar-refractivity contribution < 1.29 is 4.42 Å². The molecule has 0 saturated carbocycles. The Kier molecular flexibility index (Phi) is 2.60. The third-order valence-corrected chi connectivity index (χ3v) is 2.56. The number of aryl methyl sites for hydroxylation is 1. The molecule has 6 heteroatoms. The normalized spacial score (nSPS) is 10.7. The highest BCUT2D eigenvalue weighted by molar-refractivity contribution is 5.55. The fourth-order valence-electron chi connectivity index (χ4n) is 1.60. The van der Waals surface area contributed by atoms with Crippen molar-refractivity contribution in [2.45, 2.75) is 13.5 Å². The van der Waals surface area contributed by atoms with Gasteiger partial charge in [0.05, 0.1) is 11.8 Å². The van der Waals surface area contributed by atoms with Crippen LogP contribution >= 0.6 is 0 Å². The fourth-order valence-corrected chi connectivity index (χ4v) is 1.60. The molecule has 3 aromatic rings. The van der Waals surface area contributed by atoms with Gasteiger partial charge < -0.3 is 4.42 Å². The van der Waals surface area contributed by atoms with Gasteiger partial charge in [-0.1, -0.05) is 0 Å². The van der Waals surface area contributed by atoms with Crippen molar-refractivity contribution in [2.24, 2.45) is 0 Å². The number of nitrogens with zero attached hydrogens (tertiary/aromatic N) is 5. The Balaban J connectivity index is 1.94. The van der Waals surface area contributed by atoms with Gasteiger partial charge in [0.15, 0.2) is 0 Å². The number of hydrogen-bond acceptors (Lipinski definition) is 5. The molecule has 0 atom stereocenters. The first-order valence-corrected chi connectivity index (χ1v) is 5.63. The van der Waals surface area contributed by atoms with E-state index >= 15 is 0 Å². The van der Waals surface area contributed by atoms with E-state index in [4.69, 9.17) is 4.42 Å². The number of hydrogen-bond donors (Lipinski definition) is 0. The number of aromatic nitrogens is 5. The van der Waals surface area contributed by atoms with Gasteiger partial charge in [-0.2, -0.15) is 5.10 Å². The second-order valence-electron chi connectivity index (χ2n) is 3.73. The van der Waals surface area contributed by atoms with E-state index in [2.05, 4.69) is 20.3 Å². The molecule has 3 heterocycles. The molecule has 0 aliphatic heterocycles. The van der Waals surface area contributed by atoms with Crippen molar-refractivity contribution in [1.29, 1.82) is 0 Å². The van der Waals surface area contributed by atoms with Gasteiger partial charge >= 0.3 is 0 Å². The Labute approximate surface area is 103 Å². The van der Waals surface area contributed by atoms with Crippen LogP contribution in [-0.2, 0) is 6.54 Å². The van der Waals surface area contributed by atoms with Crippen molar-refractivity contribution in [1.82, 2.24) is 25.0 Å². The molecule has 0 aromatic carbocycles. The number of pyridine rings is 1. The van der Waals surface area contributed by atoms with Gasteiger partial charge in [0, 0.05) is 30.7 Å². The van der Waals surface area contributed by atoms with E-state index in [1.165, 1.54) is 0 Å². The first-order chi connectivity index (χ1) is 8.86.